The Morgan fingerprint density at radius 2 is 1.16 bits per heavy atom. The Labute approximate surface area is 111 Å². The van der Waals surface area contributed by atoms with E-state index in [1.807, 2.05) is 0 Å². The minimum absolute atomic E-state index is 0.198. The van der Waals surface area contributed by atoms with Gasteiger partial charge in [0.2, 0.25) is 0 Å². The van der Waals surface area contributed by atoms with E-state index in [1.165, 1.54) is 24.3 Å². The van der Waals surface area contributed by atoms with Crippen LogP contribution in [0.15, 0.2) is 48.5 Å². The summed E-state index contributed by atoms with van der Waals surface area (Å²) in [5.41, 5.74) is 1.85. The molecular formula is C16H13F2N. The molecule has 2 rings (SSSR count). The van der Waals surface area contributed by atoms with E-state index >= 15 is 0 Å². The van der Waals surface area contributed by atoms with Crippen molar-refractivity contribution < 1.29 is 8.78 Å². The Bertz CT molecular complexity index is 520. The summed E-state index contributed by atoms with van der Waals surface area (Å²) in [6, 6.07) is 14.5. The molecule has 0 aliphatic rings. The van der Waals surface area contributed by atoms with Gasteiger partial charge in [0, 0.05) is 0 Å². The van der Waals surface area contributed by atoms with E-state index in [9.17, 15) is 8.78 Å². The predicted molar refractivity (Wildman–Crippen MR) is 69.3 cm³/mol. The summed E-state index contributed by atoms with van der Waals surface area (Å²) in [5.74, 6) is -0.762. The highest BCUT2D eigenvalue weighted by Gasteiger charge is 2.10. The number of hydrogen-bond donors (Lipinski definition) is 0. The Balaban J connectivity index is 2.03. The van der Waals surface area contributed by atoms with Crippen LogP contribution < -0.4 is 0 Å². The molecule has 0 amide bonds. The zero-order chi connectivity index (χ0) is 13.7. The van der Waals surface area contributed by atoms with Gasteiger partial charge in [0.05, 0.1) is 12.0 Å². The maximum atomic E-state index is 12.8. The molecule has 2 aromatic rings. The molecule has 0 atom stereocenters. The number of benzene rings is 2. The number of nitrogens with zero attached hydrogens (tertiary/aromatic N) is 1. The van der Waals surface area contributed by atoms with Crippen molar-refractivity contribution in [2.45, 2.75) is 12.8 Å². The first-order valence-corrected chi connectivity index (χ1v) is 6.06. The molecule has 1 nitrogen and oxygen atoms in total. The second kappa shape index (κ2) is 6.10. The Hall–Kier alpha value is -2.21. The molecule has 0 fully saturated rings. The SMILES string of the molecule is N#CC(Cc1ccc(F)cc1)Cc1ccc(F)cc1. The van der Waals surface area contributed by atoms with Crippen molar-refractivity contribution in [1.82, 2.24) is 0 Å². The minimum Gasteiger partial charge on any atom is -0.207 e. The van der Waals surface area contributed by atoms with Gasteiger partial charge in [0.15, 0.2) is 0 Å². The smallest absolute Gasteiger partial charge is 0.123 e. The van der Waals surface area contributed by atoms with Crippen molar-refractivity contribution in [3.8, 4) is 6.07 Å². The van der Waals surface area contributed by atoms with Crippen LogP contribution in [0.3, 0.4) is 0 Å². The second-order valence-corrected chi connectivity index (χ2v) is 4.49. The molecule has 96 valence electrons. The fourth-order valence-electron chi connectivity index (χ4n) is 1.97. The number of nitriles is 1. The van der Waals surface area contributed by atoms with Crippen LogP contribution in [0.25, 0.3) is 0 Å². The van der Waals surface area contributed by atoms with E-state index < -0.39 is 0 Å². The Morgan fingerprint density at radius 1 is 0.789 bits per heavy atom. The monoisotopic (exact) mass is 257 g/mol. The Kier molecular flexibility index (Phi) is 4.25. The topological polar surface area (TPSA) is 23.8 Å². The third-order valence-corrected chi connectivity index (χ3v) is 2.97. The van der Waals surface area contributed by atoms with Crippen molar-refractivity contribution in [2.75, 3.05) is 0 Å². The summed E-state index contributed by atoms with van der Waals surface area (Å²) < 4.78 is 25.6. The molecule has 0 aliphatic heterocycles. The molecule has 0 bridgehead atoms. The van der Waals surface area contributed by atoms with Crippen molar-refractivity contribution in [1.29, 1.82) is 5.26 Å². The highest BCUT2D eigenvalue weighted by molar-refractivity contribution is 5.21. The summed E-state index contributed by atoms with van der Waals surface area (Å²) >= 11 is 0. The van der Waals surface area contributed by atoms with Crippen molar-refractivity contribution in [3.63, 3.8) is 0 Å². The van der Waals surface area contributed by atoms with Gasteiger partial charge in [-0.1, -0.05) is 24.3 Å². The standard InChI is InChI=1S/C16H13F2N/c17-15-5-1-12(2-6-15)9-14(11-19)10-13-3-7-16(18)8-4-13/h1-8,14H,9-10H2. The number of rotatable bonds is 4. The van der Waals surface area contributed by atoms with E-state index in [-0.39, 0.29) is 17.6 Å². The second-order valence-electron chi connectivity index (χ2n) is 4.49. The molecule has 3 heteroatoms. The Morgan fingerprint density at radius 3 is 1.47 bits per heavy atom. The van der Waals surface area contributed by atoms with Crippen molar-refractivity contribution in [2.24, 2.45) is 5.92 Å². The van der Waals surface area contributed by atoms with Gasteiger partial charge in [0.25, 0.3) is 0 Å². The summed E-state index contributed by atoms with van der Waals surface area (Å²) in [7, 11) is 0. The van der Waals surface area contributed by atoms with E-state index in [0.29, 0.717) is 12.8 Å². The summed E-state index contributed by atoms with van der Waals surface area (Å²) in [6.07, 6.45) is 1.13. The van der Waals surface area contributed by atoms with Crippen molar-refractivity contribution in [3.05, 3.63) is 71.3 Å². The van der Waals surface area contributed by atoms with Gasteiger partial charge in [-0.3, -0.25) is 0 Å². The molecule has 0 spiro atoms. The average Bonchev–Trinajstić information content (AvgIpc) is 2.43. The lowest BCUT2D eigenvalue weighted by atomic mass is 9.94. The van der Waals surface area contributed by atoms with Crippen LogP contribution in [0.4, 0.5) is 8.78 Å². The molecule has 0 N–H and O–H groups in total. The first-order chi connectivity index (χ1) is 9.17. The van der Waals surface area contributed by atoms with Crippen LogP contribution in [0.2, 0.25) is 0 Å². The van der Waals surface area contributed by atoms with Crippen LogP contribution in [0.5, 0.6) is 0 Å². The first-order valence-electron chi connectivity index (χ1n) is 6.06. The van der Waals surface area contributed by atoms with E-state index in [4.69, 9.17) is 5.26 Å². The molecule has 0 saturated carbocycles. The van der Waals surface area contributed by atoms with Gasteiger partial charge < -0.3 is 0 Å². The third-order valence-electron chi connectivity index (χ3n) is 2.97. The molecule has 0 heterocycles. The quantitative estimate of drug-likeness (QED) is 0.815. The van der Waals surface area contributed by atoms with E-state index in [2.05, 4.69) is 6.07 Å². The average molecular weight is 257 g/mol. The van der Waals surface area contributed by atoms with Crippen LogP contribution in [0.1, 0.15) is 11.1 Å². The van der Waals surface area contributed by atoms with Gasteiger partial charge in [0.1, 0.15) is 11.6 Å². The van der Waals surface area contributed by atoms with Gasteiger partial charge in [-0.15, -0.1) is 0 Å². The van der Waals surface area contributed by atoms with Crippen LogP contribution in [-0.4, -0.2) is 0 Å². The highest BCUT2D eigenvalue weighted by Crippen LogP contribution is 2.15. The van der Waals surface area contributed by atoms with Gasteiger partial charge in [-0.2, -0.15) is 5.26 Å². The minimum atomic E-state index is -0.282. The largest absolute Gasteiger partial charge is 0.207 e. The summed E-state index contributed by atoms with van der Waals surface area (Å²) in [4.78, 5) is 0. The van der Waals surface area contributed by atoms with Gasteiger partial charge in [-0.05, 0) is 48.2 Å². The molecule has 0 saturated heterocycles. The first kappa shape index (κ1) is 13.2. The molecular weight excluding hydrogens is 244 g/mol. The predicted octanol–water partition coefficient (Wildman–Crippen LogP) is 3.89. The molecule has 0 radical (unpaired) electrons. The normalized spacial score (nSPS) is 10.4. The van der Waals surface area contributed by atoms with E-state index in [0.717, 1.165) is 11.1 Å². The van der Waals surface area contributed by atoms with Gasteiger partial charge >= 0.3 is 0 Å². The van der Waals surface area contributed by atoms with Crippen LogP contribution in [-0.2, 0) is 12.8 Å². The maximum Gasteiger partial charge on any atom is 0.123 e. The van der Waals surface area contributed by atoms with E-state index in [1.54, 1.807) is 24.3 Å². The molecule has 2 aromatic carbocycles. The zero-order valence-corrected chi connectivity index (χ0v) is 10.3. The van der Waals surface area contributed by atoms with Crippen LogP contribution in [0, 0.1) is 28.9 Å². The lowest BCUT2D eigenvalue weighted by Gasteiger charge is -2.09. The molecule has 0 aliphatic carbocycles. The lowest BCUT2D eigenvalue weighted by Crippen LogP contribution is -2.06. The maximum absolute atomic E-state index is 12.8. The fourth-order valence-corrected chi connectivity index (χ4v) is 1.97. The number of hydrogen-bond acceptors (Lipinski definition) is 1. The zero-order valence-electron chi connectivity index (χ0n) is 10.3. The highest BCUT2D eigenvalue weighted by atomic mass is 19.1. The summed E-state index contributed by atoms with van der Waals surface area (Å²) in [6.45, 7) is 0. The fraction of sp³-hybridized carbons (Fsp3) is 0.188. The molecule has 0 aromatic heterocycles. The summed E-state index contributed by atoms with van der Waals surface area (Å²) in [5, 5.41) is 9.16. The van der Waals surface area contributed by atoms with Crippen molar-refractivity contribution >= 4 is 0 Å². The third kappa shape index (κ3) is 3.89. The van der Waals surface area contributed by atoms with Gasteiger partial charge in [-0.25, -0.2) is 8.78 Å². The molecule has 19 heavy (non-hydrogen) atoms. The van der Waals surface area contributed by atoms with Crippen LogP contribution >= 0.6 is 0 Å². The number of halogens is 2. The lowest BCUT2D eigenvalue weighted by molar-refractivity contribution is 0.619. The molecule has 0 unspecified atom stereocenters.